The standard InChI is InChI=1S/C10H10O4S2.Na.H/c11-16(12,13)15-6-5-8-7-14-10-4-2-1-3-9(8)10;;/h1-4,7H,5-6H2,(H,11,12,13);;/q;+1;-1. The Morgan fingerprint density at radius 1 is 1.35 bits per heavy atom. The Kier molecular flexibility index (Phi) is 5.56. The van der Waals surface area contributed by atoms with Crippen molar-refractivity contribution in [3.63, 3.8) is 0 Å². The Bertz CT molecular complexity index is 597. The molecule has 0 fully saturated rings. The summed E-state index contributed by atoms with van der Waals surface area (Å²) in [5.74, 6) is 0.308. The molecule has 0 atom stereocenters. The molecule has 4 nitrogen and oxygen atoms in total. The summed E-state index contributed by atoms with van der Waals surface area (Å²) in [5, 5.41) is 0.985. The monoisotopic (exact) mass is 282 g/mol. The number of hydrogen-bond donors (Lipinski definition) is 1. The first kappa shape index (κ1) is 15.1. The SMILES string of the molecule is O=S(=O)(O)SCCc1coc2ccccc12.[H-].[Na+]. The van der Waals surface area contributed by atoms with E-state index in [1.807, 2.05) is 24.3 Å². The number of furan rings is 1. The molecule has 0 amide bonds. The van der Waals surface area contributed by atoms with Gasteiger partial charge in [-0.1, -0.05) is 18.2 Å². The number of rotatable bonds is 4. The van der Waals surface area contributed by atoms with Gasteiger partial charge in [0, 0.05) is 11.1 Å². The zero-order valence-electron chi connectivity index (χ0n) is 10.3. The Hall–Kier alpha value is 0.0200. The van der Waals surface area contributed by atoms with Crippen LogP contribution >= 0.6 is 10.8 Å². The van der Waals surface area contributed by atoms with Gasteiger partial charge in [-0.05, 0) is 28.8 Å². The summed E-state index contributed by atoms with van der Waals surface area (Å²) in [5.41, 5.74) is 1.74. The Morgan fingerprint density at radius 3 is 2.76 bits per heavy atom. The molecule has 2 aromatic rings. The minimum Gasteiger partial charge on any atom is -1.00 e. The van der Waals surface area contributed by atoms with Gasteiger partial charge in [-0.3, -0.25) is 4.55 Å². The van der Waals surface area contributed by atoms with E-state index in [1.165, 1.54) is 0 Å². The third kappa shape index (κ3) is 4.31. The van der Waals surface area contributed by atoms with Gasteiger partial charge in [-0.2, -0.15) is 8.42 Å². The van der Waals surface area contributed by atoms with Crippen molar-refractivity contribution in [3.8, 4) is 0 Å². The fourth-order valence-corrected chi connectivity index (χ4v) is 2.88. The van der Waals surface area contributed by atoms with Crippen LogP contribution in [0.1, 0.15) is 6.99 Å². The zero-order valence-corrected chi connectivity index (χ0v) is 12.9. The molecule has 0 unspecified atom stereocenters. The average molecular weight is 282 g/mol. The summed E-state index contributed by atoms with van der Waals surface area (Å²) in [4.78, 5) is 0. The van der Waals surface area contributed by atoms with Crippen molar-refractivity contribution in [1.29, 1.82) is 0 Å². The summed E-state index contributed by atoms with van der Waals surface area (Å²) in [6.45, 7) is 0. The van der Waals surface area contributed by atoms with Crippen molar-refractivity contribution in [2.75, 3.05) is 5.75 Å². The van der Waals surface area contributed by atoms with E-state index in [4.69, 9.17) is 8.97 Å². The predicted octanol–water partition coefficient (Wildman–Crippen LogP) is -0.372. The molecule has 1 aromatic heterocycles. The third-order valence-corrected chi connectivity index (χ3v) is 4.23. The number of aryl methyl sites for hydroxylation is 1. The zero-order chi connectivity index (χ0) is 11.6. The molecule has 0 radical (unpaired) electrons. The van der Waals surface area contributed by atoms with E-state index >= 15 is 0 Å². The molecule has 2 rings (SSSR count). The van der Waals surface area contributed by atoms with Crippen LogP contribution in [0.5, 0.6) is 0 Å². The molecule has 0 spiro atoms. The first-order valence-corrected chi connectivity index (χ1v) is 7.57. The smallest absolute Gasteiger partial charge is 1.00 e. The van der Waals surface area contributed by atoms with E-state index in [-0.39, 0.29) is 31.0 Å². The van der Waals surface area contributed by atoms with Crippen LogP contribution in [-0.4, -0.2) is 18.7 Å². The molecule has 0 aliphatic heterocycles. The topological polar surface area (TPSA) is 67.5 Å². The Labute approximate surface area is 127 Å². The van der Waals surface area contributed by atoms with Gasteiger partial charge in [0.1, 0.15) is 5.58 Å². The minimum atomic E-state index is -3.94. The van der Waals surface area contributed by atoms with E-state index in [2.05, 4.69) is 0 Å². The minimum absolute atomic E-state index is 0. The first-order valence-electron chi connectivity index (χ1n) is 4.63. The van der Waals surface area contributed by atoms with Crippen LogP contribution in [0.25, 0.3) is 11.0 Å². The Balaban J connectivity index is 0.00000144. The predicted molar refractivity (Wildman–Crippen MR) is 65.0 cm³/mol. The van der Waals surface area contributed by atoms with E-state index < -0.39 is 9.15 Å². The van der Waals surface area contributed by atoms with Crippen LogP contribution in [0.4, 0.5) is 0 Å². The van der Waals surface area contributed by atoms with E-state index in [1.54, 1.807) is 6.26 Å². The van der Waals surface area contributed by atoms with Gasteiger partial charge in [-0.15, -0.1) is 0 Å². The maximum Gasteiger partial charge on any atom is 1.00 e. The third-order valence-electron chi connectivity index (χ3n) is 2.16. The quantitative estimate of drug-likeness (QED) is 0.471. The van der Waals surface area contributed by atoms with Crippen LogP contribution < -0.4 is 29.6 Å². The second-order valence-electron chi connectivity index (χ2n) is 3.26. The van der Waals surface area contributed by atoms with Gasteiger partial charge in [0.15, 0.2) is 0 Å². The van der Waals surface area contributed by atoms with Crippen molar-refractivity contribution < 1.29 is 48.4 Å². The fraction of sp³-hybridized carbons (Fsp3) is 0.200. The van der Waals surface area contributed by atoms with Crippen LogP contribution in [0.3, 0.4) is 0 Å². The summed E-state index contributed by atoms with van der Waals surface area (Å²) >= 11 is 0. The second kappa shape index (κ2) is 6.26. The molecule has 1 N–H and O–H groups in total. The van der Waals surface area contributed by atoms with Gasteiger partial charge in [0.2, 0.25) is 0 Å². The van der Waals surface area contributed by atoms with E-state index in [9.17, 15) is 8.42 Å². The molecule has 1 heterocycles. The summed E-state index contributed by atoms with van der Waals surface area (Å²) < 4.78 is 34.9. The maximum atomic E-state index is 10.5. The van der Waals surface area contributed by atoms with Gasteiger partial charge in [0.25, 0.3) is 0 Å². The molecule has 0 bridgehead atoms. The maximum absolute atomic E-state index is 10.5. The second-order valence-corrected chi connectivity index (χ2v) is 6.73. The summed E-state index contributed by atoms with van der Waals surface area (Å²) in [6, 6.07) is 7.56. The largest absolute Gasteiger partial charge is 1.00 e. The molecule has 1 aromatic carbocycles. The van der Waals surface area contributed by atoms with Crippen molar-refractivity contribution in [3.05, 3.63) is 36.1 Å². The summed E-state index contributed by atoms with van der Waals surface area (Å²) in [6.07, 6.45) is 2.16. The first-order chi connectivity index (χ1) is 7.56. The van der Waals surface area contributed by atoms with E-state index in [0.717, 1.165) is 16.5 Å². The van der Waals surface area contributed by atoms with Crippen LogP contribution in [-0.2, 0) is 15.6 Å². The molecule has 0 saturated carbocycles. The molecule has 0 aliphatic rings. The van der Waals surface area contributed by atoms with Crippen molar-refractivity contribution in [1.82, 2.24) is 0 Å². The molecule has 0 saturated heterocycles. The number of hydrogen-bond acceptors (Lipinski definition) is 4. The van der Waals surface area contributed by atoms with Crippen molar-refractivity contribution >= 4 is 30.9 Å². The Morgan fingerprint density at radius 2 is 2.06 bits per heavy atom. The number of fused-ring (bicyclic) bond motifs is 1. The molecule has 7 heteroatoms. The van der Waals surface area contributed by atoms with Gasteiger partial charge < -0.3 is 5.84 Å². The van der Waals surface area contributed by atoms with Crippen LogP contribution in [0, 0.1) is 0 Å². The van der Waals surface area contributed by atoms with Crippen molar-refractivity contribution in [2.45, 2.75) is 6.42 Å². The average Bonchev–Trinajstić information content (AvgIpc) is 2.60. The van der Waals surface area contributed by atoms with Gasteiger partial charge >= 0.3 is 38.7 Å². The van der Waals surface area contributed by atoms with Gasteiger partial charge in [-0.25, -0.2) is 0 Å². The van der Waals surface area contributed by atoms with Crippen molar-refractivity contribution in [2.24, 2.45) is 0 Å². The normalized spacial score (nSPS) is 11.4. The molecular formula is C10H11NaO4S2. The van der Waals surface area contributed by atoms with Crippen LogP contribution in [0.15, 0.2) is 34.9 Å². The molecule has 0 aliphatic carbocycles. The summed E-state index contributed by atoms with van der Waals surface area (Å²) in [7, 11) is -3.42. The van der Waals surface area contributed by atoms with Crippen LogP contribution in [0.2, 0.25) is 0 Å². The molecular weight excluding hydrogens is 271 g/mol. The van der Waals surface area contributed by atoms with Gasteiger partial charge in [0.05, 0.1) is 6.26 Å². The fourth-order valence-electron chi connectivity index (χ4n) is 1.48. The number of benzene rings is 1. The number of para-hydroxylation sites is 1. The molecule has 88 valence electrons. The molecule has 17 heavy (non-hydrogen) atoms. The van der Waals surface area contributed by atoms with E-state index in [0.29, 0.717) is 23.0 Å².